The van der Waals surface area contributed by atoms with E-state index in [0.717, 1.165) is 167 Å². The number of rotatable bonds is 67. The van der Waals surface area contributed by atoms with Crippen LogP contribution >= 0.6 is 15.6 Å². The molecule has 0 fully saturated rings. The fourth-order valence-electron chi connectivity index (χ4n) is 9.06. The van der Waals surface area contributed by atoms with Crippen LogP contribution in [0.2, 0.25) is 0 Å². The lowest BCUT2D eigenvalue weighted by Crippen LogP contribution is -2.30. The molecule has 0 bridgehead atoms. The molecule has 5 atom stereocenters. The Morgan fingerprint density at radius 2 is 0.558 bits per heavy atom. The molecule has 0 aliphatic rings. The van der Waals surface area contributed by atoms with Crippen molar-refractivity contribution in [2.75, 3.05) is 39.6 Å². The molecular weight excluding hydrogens is 1240 g/mol. The van der Waals surface area contributed by atoms with Crippen LogP contribution in [0.5, 0.6) is 0 Å². The highest BCUT2D eigenvalue weighted by Gasteiger charge is 2.29. The number of carbonyl (C=O) groups excluding carboxylic acids is 3. The second-order valence-corrected chi connectivity index (χ2v) is 26.5. The first-order chi connectivity index (χ1) is 46.2. The lowest BCUT2D eigenvalue weighted by Gasteiger charge is -2.21. The number of phosphoric acid groups is 2. The topological polar surface area (TPSA) is 231 Å². The fraction of sp³-hybridized carbons (Fsp3) is 0.649. The Hall–Kier alpha value is -4.57. The van der Waals surface area contributed by atoms with Crippen molar-refractivity contribution in [1.29, 1.82) is 0 Å². The minimum absolute atomic E-state index is 0.0789. The molecule has 18 heteroatoms. The van der Waals surface area contributed by atoms with Crippen molar-refractivity contribution in [3.63, 3.8) is 0 Å². The second-order valence-electron chi connectivity index (χ2n) is 23.6. The minimum atomic E-state index is -4.94. The Balaban J connectivity index is 4.60. The number of aliphatic hydroxyl groups excluding tert-OH is 2. The van der Waals surface area contributed by atoms with Crippen LogP contribution in [-0.4, -0.2) is 95.9 Å². The van der Waals surface area contributed by atoms with Gasteiger partial charge in [-0.25, -0.2) is 9.13 Å². The van der Waals surface area contributed by atoms with Crippen LogP contribution in [0.4, 0.5) is 0 Å². The summed E-state index contributed by atoms with van der Waals surface area (Å²) in [4.78, 5) is 58.5. The van der Waals surface area contributed by atoms with Gasteiger partial charge in [0.1, 0.15) is 25.4 Å². The third-order valence-electron chi connectivity index (χ3n) is 14.5. The molecule has 0 amide bonds. The van der Waals surface area contributed by atoms with E-state index >= 15 is 0 Å². The van der Waals surface area contributed by atoms with Crippen molar-refractivity contribution in [3.05, 3.63) is 146 Å². The Morgan fingerprint density at radius 1 is 0.305 bits per heavy atom. The Kier molecular flexibility index (Phi) is 66.0. The molecule has 0 heterocycles. The van der Waals surface area contributed by atoms with Crippen LogP contribution in [-0.2, 0) is 55.8 Å². The van der Waals surface area contributed by atoms with Gasteiger partial charge in [-0.05, 0) is 141 Å². The van der Waals surface area contributed by atoms with E-state index in [1.54, 1.807) is 0 Å². The van der Waals surface area contributed by atoms with E-state index < -0.39 is 91.5 Å². The zero-order valence-corrected chi connectivity index (χ0v) is 60.6. The zero-order valence-electron chi connectivity index (χ0n) is 58.8. The number of hydrogen-bond donors (Lipinski definition) is 4. The Morgan fingerprint density at radius 3 is 0.884 bits per heavy atom. The zero-order chi connectivity index (χ0) is 69.5. The minimum Gasteiger partial charge on any atom is -0.463 e. The van der Waals surface area contributed by atoms with Gasteiger partial charge in [0.25, 0.3) is 0 Å². The lowest BCUT2D eigenvalue weighted by atomic mass is 10.1. The molecule has 0 saturated carbocycles. The summed E-state index contributed by atoms with van der Waals surface area (Å²) >= 11 is 0. The highest BCUT2D eigenvalue weighted by atomic mass is 31.2. The van der Waals surface area contributed by atoms with Crippen molar-refractivity contribution < 1.29 is 75.8 Å². The molecule has 0 spiro atoms. The third-order valence-corrected chi connectivity index (χ3v) is 16.4. The number of allylic oxidation sites excluding steroid dienone is 24. The van der Waals surface area contributed by atoms with E-state index in [4.69, 9.17) is 32.3 Å². The fourth-order valence-corrected chi connectivity index (χ4v) is 10.6. The Bertz CT molecular complexity index is 2310. The molecule has 0 aliphatic carbocycles. The number of ether oxygens (including phenoxy) is 3. The van der Waals surface area contributed by atoms with E-state index in [1.165, 1.54) is 38.5 Å². The molecule has 4 N–H and O–H groups in total. The largest absolute Gasteiger partial charge is 0.472 e. The van der Waals surface area contributed by atoms with Gasteiger partial charge in [0, 0.05) is 19.3 Å². The van der Waals surface area contributed by atoms with Crippen LogP contribution in [0.3, 0.4) is 0 Å². The van der Waals surface area contributed by atoms with E-state index in [-0.39, 0.29) is 19.3 Å². The van der Waals surface area contributed by atoms with Gasteiger partial charge < -0.3 is 34.2 Å². The van der Waals surface area contributed by atoms with Gasteiger partial charge in [-0.1, -0.05) is 250 Å². The molecule has 5 unspecified atom stereocenters. The van der Waals surface area contributed by atoms with Crippen LogP contribution in [0, 0.1) is 0 Å². The first-order valence-electron chi connectivity index (χ1n) is 36.1. The Labute approximate surface area is 575 Å². The molecule has 0 aromatic heterocycles. The molecule has 0 radical (unpaired) electrons. The average molecular weight is 1370 g/mol. The number of phosphoric ester groups is 2. The van der Waals surface area contributed by atoms with E-state index in [2.05, 4.69) is 167 Å². The van der Waals surface area contributed by atoms with Crippen LogP contribution in [0.15, 0.2) is 146 Å². The monoisotopic (exact) mass is 1370 g/mol. The molecule has 0 aliphatic heterocycles. The van der Waals surface area contributed by atoms with Gasteiger partial charge in [0.2, 0.25) is 0 Å². The first kappa shape index (κ1) is 90.4. The van der Waals surface area contributed by atoms with E-state index in [0.29, 0.717) is 19.3 Å². The highest BCUT2D eigenvalue weighted by Crippen LogP contribution is 2.45. The van der Waals surface area contributed by atoms with Gasteiger partial charge in [0.05, 0.1) is 26.4 Å². The first-order valence-corrected chi connectivity index (χ1v) is 39.1. The van der Waals surface area contributed by atoms with Gasteiger partial charge in [0.15, 0.2) is 6.10 Å². The van der Waals surface area contributed by atoms with Crippen LogP contribution in [0.25, 0.3) is 0 Å². The van der Waals surface area contributed by atoms with Gasteiger partial charge in [-0.3, -0.25) is 32.5 Å². The predicted octanol–water partition coefficient (Wildman–Crippen LogP) is 20.5. The van der Waals surface area contributed by atoms with E-state index in [9.17, 15) is 43.5 Å². The second kappa shape index (κ2) is 69.3. The number of carbonyl (C=O) groups is 3. The molecule has 95 heavy (non-hydrogen) atoms. The maximum Gasteiger partial charge on any atom is 0.472 e. The quantitative estimate of drug-likeness (QED) is 0.0146. The molecular formula is C77H128O16P2. The molecule has 0 saturated heterocycles. The molecule has 16 nitrogen and oxygen atoms in total. The number of esters is 3. The van der Waals surface area contributed by atoms with Crippen molar-refractivity contribution in [2.24, 2.45) is 0 Å². The van der Waals surface area contributed by atoms with Crippen LogP contribution in [0.1, 0.15) is 265 Å². The highest BCUT2D eigenvalue weighted by molar-refractivity contribution is 7.47. The van der Waals surface area contributed by atoms with Gasteiger partial charge in [-0.2, -0.15) is 0 Å². The SMILES string of the molecule is CC/C=C\C/C=C\C/C=C\C/C=C\C/C=C\C/C=C\CCCCCCCCCCC(=O)OCC(O)COP(=O)(O)OCC(O)COP(=O)(O)OCC(COC(=O)CCCCCC/C=C\C/C=C\C/C=C\C/C=C\CC)OC(=O)CCCCCCC/C=C\C/C=C\CCCCC. The van der Waals surface area contributed by atoms with E-state index in [1.807, 2.05) is 0 Å². The van der Waals surface area contributed by atoms with Crippen LogP contribution < -0.4 is 0 Å². The number of aliphatic hydroxyl groups is 2. The summed E-state index contributed by atoms with van der Waals surface area (Å²) in [5.41, 5.74) is 0. The lowest BCUT2D eigenvalue weighted by molar-refractivity contribution is -0.161. The maximum atomic E-state index is 12.9. The predicted molar refractivity (Wildman–Crippen MR) is 389 cm³/mol. The van der Waals surface area contributed by atoms with Crippen molar-refractivity contribution in [2.45, 2.75) is 283 Å². The molecule has 0 aromatic carbocycles. The number of hydrogen-bond acceptors (Lipinski definition) is 14. The molecule has 0 rings (SSSR count). The summed E-state index contributed by atoms with van der Waals surface area (Å²) in [6.45, 7) is 2.35. The molecule has 0 aromatic rings. The summed E-state index contributed by atoms with van der Waals surface area (Å²) in [7, 11) is -9.80. The standard InChI is InChI=1S/C77H128O16P2/c1-4-7-10-13-16-19-22-25-28-30-31-32-33-34-35-36-37-38-39-41-44-45-48-51-54-57-60-63-75(80)87-66-72(78)67-89-94(83,84)90-68-73(79)69-91-95(85,86)92-71-74(93-77(82)65-62-59-56-53-50-47-42-27-24-21-18-15-12-9-6-3)70-88-76(81)64-61-58-55-52-49-46-43-40-29-26-23-20-17-14-11-8-5-2/h7-8,10-11,16-21,25-29,31-32,34-35,37-38,42-43,46,72-74,78-79H,4-6,9,12-15,22-24,30,33,36,39-41,44-45,47-71H2,1-3H3,(H,83,84)(H,85,86)/b10-7-,11-8-,19-16-,20-17-,21-18-,28-25-,29-26-,32-31-,35-34-,38-37-,42-27-,46-43-. The molecule has 542 valence electrons. The normalized spacial score (nSPS) is 15.0. The van der Waals surface area contributed by atoms with Gasteiger partial charge in [-0.15, -0.1) is 0 Å². The summed E-state index contributed by atoms with van der Waals surface area (Å²) in [5.74, 6) is -1.63. The van der Waals surface area contributed by atoms with Gasteiger partial charge >= 0.3 is 33.6 Å². The third kappa shape index (κ3) is 70.6. The summed E-state index contributed by atoms with van der Waals surface area (Å²) in [6.07, 6.45) is 83.2. The summed E-state index contributed by atoms with van der Waals surface area (Å²) in [5, 5.41) is 20.6. The van der Waals surface area contributed by atoms with Crippen molar-refractivity contribution in [1.82, 2.24) is 0 Å². The van der Waals surface area contributed by atoms with Crippen molar-refractivity contribution in [3.8, 4) is 0 Å². The summed E-state index contributed by atoms with van der Waals surface area (Å²) in [6, 6.07) is 0. The number of unbranched alkanes of at least 4 members (excludes halogenated alkanes) is 20. The maximum absolute atomic E-state index is 12.9. The average Bonchev–Trinajstić information content (AvgIpc) is 2.05. The smallest absolute Gasteiger partial charge is 0.463 e. The summed E-state index contributed by atoms with van der Waals surface area (Å²) < 4.78 is 60.9. The van der Waals surface area contributed by atoms with Crippen molar-refractivity contribution >= 4 is 33.6 Å².